The van der Waals surface area contributed by atoms with Crippen molar-refractivity contribution in [3.63, 3.8) is 0 Å². The minimum absolute atomic E-state index is 0.173. The van der Waals surface area contributed by atoms with Gasteiger partial charge in [0.15, 0.2) is 0 Å². The van der Waals surface area contributed by atoms with Crippen molar-refractivity contribution in [2.24, 2.45) is 47.3 Å². The highest BCUT2D eigenvalue weighted by Crippen LogP contribution is 2.68. The van der Waals surface area contributed by atoms with E-state index in [9.17, 15) is 0 Å². The summed E-state index contributed by atoms with van der Waals surface area (Å²) >= 11 is 0. The number of aryl methyl sites for hydroxylation is 10. The van der Waals surface area contributed by atoms with Crippen LogP contribution in [0, 0.1) is 117 Å². The Bertz CT molecular complexity index is 7080. The van der Waals surface area contributed by atoms with E-state index in [0.29, 0.717) is 41.3 Å². The zero-order valence-corrected chi connectivity index (χ0v) is 84.3. The zero-order chi connectivity index (χ0) is 93.3. The van der Waals surface area contributed by atoms with Crippen LogP contribution in [0.5, 0.6) is 0 Å². The van der Waals surface area contributed by atoms with Gasteiger partial charge in [0.2, 0.25) is 28.6 Å². The molecule has 15 aromatic rings. The topological polar surface area (TPSA) is 153 Å². The molecule has 23 unspecified atom stereocenters. The van der Waals surface area contributed by atoms with Crippen molar-refractivity contribution in [2.75, 3.05) is 78.8 Å². The number of nitrogens with zero attached hydrogens (tertiary/aromatic N) is 12. The average Bonchev–Trinajstić information content (AvgIpc) is 1.35. The molecule has 17 saturated heterocycles. The fourth-order valence-corrected chi connectivity index (χ4v) is 35.2. The fraction of sp³-hybridized carbons (Fsp3) is 0.542. The second-order valence-electron chi connectivity index (χ2n) is 48.7. The Labute approximate surface area is 807 Å². The number of pyridine rings is 5. The Morgan fingerprint density at radius 3 is 0.912 bits per heavy atom. The van der Waals surface area contributed by atoms with Crippen LogP contribution in [0.3, 0.4) is 0 Å². The van der Waals surface area contributed by atoms with Crippen molar-refractivity contribution < 1.29 is 22.1 Å². The van der Waals surface area contributed by atoms with Crippen molar-refractivity contribution in [1.82, 2.24) is 59.2 Å². The van der Waals surface area contributed by atoms with Crippen LogP contribution in [0.25, 0.3) is 110 Å². The van der Waals surface area contributed by atoms with Crippen molar-refractivity contribution in [3.05, 3.63) is 205 Å². The zero-order valence-electron chi connectivity index (χ0n) is 84.3. The molecule has 23 atom stereocenters. The lowest BCUT2D eigenvalue weighted by molar-refractivity contribution is -0.182. The van der Waals surface area contributed by atoms with E-state index in [4.69, 9.17) is 32.1 Å². The first-order valence-electron chi connectivity index (χ1n) is 53.2. The maximum atomic E-state index is 6.59. The van der Waals surface area contributed by atoms with Gasteiger partial charge in [-0.2, -0.15) is 0 Å². The van der Waals surface area contributed by atoms with Crippen LogP contribution in [0.1, 0.15) is 235 Å². The van der Waals surface area contributed by atoms with Crippen molar-refractivity contribution in [1.29, 1.82) is 0 Å². The van der Waals surface area contributed by atoms with Gasteiger partial charge in [-0.05, 0) is 337 Å². The monoisotopic (exact) mass is 1830 g/mol. The molecule has 5 aromatic carbocycles. The van der Waals surface area contributed by atoms with Crippen LogP contribution in [-0.4, -0.2) is 179 Å². The summed E-state index contributed by atoms with van der Waals surface area (Å²) in [7, 11) is 0. The van der Waals surface area contributed by atoms with E-state index in [2.05, 4.69) is 261 Å². The van der Waals surface area contributed by atoms with Crippen LogP contribution in [0.2, 0.25) is 0 Å². The highest BCUT2D eigenvalue weighted by molar-refractivity contribution is 6.09. The molecule has 4 saturated carbocycles. The smallest absolute Gasteiger partial charge is 0.227 e. The van der Waals surface area contributed by atoms with E-state index in [-0.39, 0.29) is 27.1 Å². The van der Waals surface area contributed by atoms with Crippen molar-refractivity contribution in [2.45, 2.75) is 289 Å². The quantitative estimate of drug-likeness (QED) is 0.160. The van der Waals surface area contributed by atoms with Crippen LogP contribution in [-0.2, 0) is 27.1 Å². The number of aromatic nitrogens is 5. The minimum Gasteiger partial charge on any atom is -0.437 e. The number of hydrogen-bond donors (Lipinski definition) is 0. The molecular weight excluding hydrogens is 1690 g/mol. The molecular formula is C120H140N12O5. The SMILES string of the molecule is Cc1ccc2c(n1)oc1c(C34CC5CC(C3)C(C)(C)N(C5)C4C)c(C)ccc12.Cc1ccc2c(n1)oc1c(C34CC5CC(C3)C3(CCCCC3)N(C5)C4C)c(C)ccc12.Cc1ccc2c(n1)oc1c(C34CC5CC(CN(C5)C3C)C4)c(C)ccc12.Cc1ccc2c(n1)oc1c(C34CC5CN(CN(C5)C3C)C4)c(C)ccc12.Cc1ccc2c(n1)oc1c(C34CC5CN(CN(C5)C3C)C4)c(C)ccc12. The molecule has 137 heavy (non-hydrogen) atoms. The van der Waals surface area contributed by atoms with Gasteiger partial charge in [-0.3, -0.25) is 34.3 Å². The van der Waals surface area contributed by atoms with Crippen molar-refractivity contribution in [3.8, 4) is 0 Å². The molecule has 710 valence electrons. The standard InChI is InChI=1S/C28H34N2O.C25H30N2O.C23H26N2O.2C22H25N3O/c1-17-7-9-22-23-10-8-18(2)29-26(23)31-25(22)24(17)27-14-20-13-21(15-27)28(11-5-4-6-12-28)30(16-20)19(27)3;1-14-6-8-19-20-9-7-15(2)26-23(20)28-22(19)21(14)25-11-17-10-18(12-25)24(4,5)27(13-17)16(25)3;1-13-4-6-18-19-7-5-14(2)24-22(19)26-21(18)20(13)23-9-16-8-17(10-23)12-25(11-16)15(23)3;2*1-13-4-6-17-18-7-5-14(2)23-21(18)26-20(17)19(13)22-8-16-9-24(11-22)12-25(10-16)15(22)3/h7-10,19-21H,4-6,11-16H2,1-3H3;6-9,16-18H,10-13H2,1-5H3;4-7,15-17H,8-12H2,1-3H3;2*4-7,15-16H,8-12H2,1-3H3. The maximum Gasteiger partial charge on any atom is 0.227 e. The third kappa shape index (κ3) is 12.5. The molecule has 10 aromatic heterocycles. The van der Waals surface area contributed by atoms with Gasteiger partial charge in [-0.25, -0.2) is 24.9 Å². The molecule has 0 radical (unpaired) electrons. The van der Waals surface area contributed by atoms with E-state index >= 15 is 0 Å². The van der Waals surface area contributed by atoms with Gasteiger partial charge in [-0.1, -0.05) is 79.9 Å². The minimum atomic E-state index is 0.173. The molecule has 0 N–H and O–H groups in total. The third-order valence-electron chi connectivity index (χ3n) is 40.9. The first kappa shape index (κ1) is 86.7. The molecule has 20 bridgehead atoms. The summed E-state index contributed by atoms with van der Waals surface area (Å²) in [5.74, 6) is 6.59. The summed E-state index contributed by atoms with van der Waals surface area (Å²) in [4.78, 5) is 42.7. The van der Waals surface area contributed by atoms with E-state index in [1.165, 1.54) is 243 Å². The van der Waals surface area contributed by atoms with E-state index in [0.717, 1.165) is 180 Å². The molecule has 21 fully saturated rings. The fourth-order valence-electron chi connectivity index (χ4n) is 35.2. The Kier molecular flexibility index (Phi) is 19.3. The second-order valence-corrected chi connectivity index (χ2v) is 48.7. The maximum absolute atomic E-state index is 6.59. The van der Waals surface area contributed by atoms with Crippen LogP contribution >= 0.6 is 0 Å². The molecule has 17 aliphatic heterocycles. The number of fused-ring (bicyclic) bond motifs is 15. The molecule has 36 rings (SSSR count). The van der Waals surface area contributed by atoms with Crippen molar-refractivity contribution >= 4 is 110 Å². The molecule has 1 spiro atoms. The Morgan fingerprint density at radius 1 is 0.270 bits per heavy atom. The van der Waals surface area contributed by atoms with Gasteiger partial charge in [0.1, 0.15) is 27.9 Å². The van der Waals surface area contributed by atoms with Crippen LogP contribution < -0.4 is 0 Å². The van der Waals surface area contributed by atoms with Gasteiger partial charge >= 0.3 is 0 Å². The summed E-state index contributed by atoms with van der Waals surface area (Å²) < 4.78 is 32.4. The van der Waals surface area contributed by atoms with Crippen LogP contribution in [0.15, 0.2) is 143 Å². The summed E-state index contributed by atoms with van der Waals surface area (Å²) in [5, 5.41) is 11.9. The number of hydrogen-bond acceptors (Lipinski definition) is 17. The highest BCUT2D eigenvalue weighted by atomic mass is 16.4. The largest absolute Gasteiger partial charge is 0.437 e. The Hall–Kier alpha value is -9.43. The number of rotatable bonds is 5. The lowest BCUT2D eigenvalue weighted by Gasteiger charge is -2.71. The lowest BCUT2D eigenvalue weighted by Crippen LogP contribution is -2.75. The molecule has 17 heteroatoms. The second kappa shape index (κ2) is 30.6. The predicted molar refractivity (Wildman–Crippen MR) is 551 cm³/mol. The van der Waals surface area contributed by atoms with Gasteiger partial charge in [0, 0.05) is 244 Å². The summed E-state index contributed by atoms with van der Waals surface area (Å²) in [6.07, 6.45) is 21.9. The molecule has 0 amide bonds. The third-order valence-corrected chi connectivity index (χ3v) is 40.9. The summed E-state index contributed by atoms with van der Waals surface area (Å²) in [6.45, 7) is 53.7. The van der Waals surface area contributed by atoms with E-state index < -0.39 is 0 Å². The summed E-state index contributed by atoms with van der Waals surface area (Å²) in [5.41, 5.74) is 30.6. The normalized spacial score (nSPS) is 35.8. The van der Waals surface area contributed by atoms with Gasteiger partial charge < -0.3 is 22.1 Å². The predicted octanol–water partition coefficient (Wildman–Crippen LogP) is 25.1. The number of furan rings is 5. The highest BCUT2D eigenvalue weighted by Gasteiger charge is 2.67. The van der Waals surface area contributed by atoms with E-state index in [1.54, 1.807) is 0 Å². The number of piperidine rings is 13. The Balaban J connectivity index is 0.0000000867. The number of benzene rings is 5. The molecule has 21 aliphatic rings. The first-order valence-corrected chi connectivity index (χ1v) is 53.2. The summed E-state index contributed by atoms with van der Waals surface area (Å²) in [6, 6.07) is 47.0. The lowest BCUT2D eigenvalue weighted by atomic mass is 9.46. The molecule has 4 aliphatic carbocycles. The van der Waals surface area contributed by atoms with Gasteiger partial charge in [0.25, 0.3) is 0 Å². The van der Waals surface area contributed by atoms with Gasteiger partial charge in [-0.15, -0.1) is 0 Å². The molecule has 17 nitrogen and oxygen atoms in total. The van der Waals surface area contributed by atoms with Gasteiger partial charge in [0.05, 0.1) is 13.3 Å². The van der Waals surface area contributed by atoms with E-state index in [1.807, 2.05) is 27.7 Å². The average molecular weight is 1830 g/mol. The first-order chi connectivity index (χ1) is 66.0. The Morgan fingerprint density at radius 2 is 0.555 bits per heavy atom. The van der Waals surface area contributed by atoms with Crippen LogP contribution in [0.4, 0.5) is 0 Å². The molecule has 27 heterocycles.